The van der Waals surface area contributed by atoms with Crippen molar-refractivity contribution in [3.05, 3.63) is 29.3 Å². The predicted octanol–water partition coefficient (Wildman–Crippen LogP) is 1.97. The molecule has 23 heavy (non-hydrogen) atoms. The Morgan fingerprint density at radius 3 is 2.48 bits per heavy atom. The lowest BCUT2D eigenvalue weighted by Gasteiger charge is -2.32. The first-order valence-corrected chi connectivity index (χ1v) is 8.03. The maximum atomic E-state index is 12.4. The highest BCUT2D eigenvalue weighted by atomic mass is 35.5. The van der Waals surface area contributed by atoms with E-state index in [1.54, 1.807) is 41.1 Å². The fraction of sp³-hybridized carbons (Fsp3) is 0.500. The smallest absolute Gasteiger partial charge is 0.314 e. The van der Waals surface area contributed by atoms with Crippen LogP contribution in [0.3, 0.4) is 0 Å². The summed E-state index contributed by atoms with van der Waals surface area (Å²) in [6, 6.07) is 6.70. The van der Waals surface area contributed by atoms with Crippen LogP contribution in [0.2, 0.25) is 5.02 Å². The summed E-state index contributed by atoms with van der Waals surface area (Å²) in [6.45, 7) is 2.02. The van der Waals surface area contributed by atoms with Crippen molar-refractivity contribution < 1.29 is 14.3 Å². The molecule has 6 nitrogen and oxygen atoms in total. The quantitative estimate of drug-likeness (QED) is 0.891. The molecule has 1 aliphatic heterocycles. The van der Waals surface area contributed by atoms with Crippen molar-refractivity contribution in [1.29, 1.82) is 0 Å². The number of primary amides is 1. The van der Waals surface area contributed by atoms with Crippen molar-refractivity contribution >= 4 is 23.5 Å². The molecule has 126 valence electrons. The molecule has 0 aliphatic carbocycles. The minimum atomic E-state index is -0.416. The summed E-state index contributed by atoms with van der Waals surface area (Å²) in [4.78, 5) is 26.7. The first-order chi connectivity index (χ1) is 11.0. The zero-order valence-corrected chi connectivity index (χ0v) is 14.0. The van der Waals surface area contributed by atoms with E-state index in [-0.39, 0.29) is 11.8 Å². The normalized spacial score (nSPS) is 15.3. The second-order valence-corrected chi connectivity index (χ2v) is 6.10. The van der Waals surface area contributed by atoms with Crippen LogP contribution in [-0.2, 0) is 4.79 Å². The topological polar surface area (TPSA) is 75.9 Å². The highest BCUT2D eigenvalue weighted by Crippen LogP contribution is 2.19. The maximum absolute atomic E-state index is 12.4. The van der Waals surface area contributed by atoms with Crippen molar-refractivity contribution in [1.82, 2.24) is 9.80 Å². The van der Waals surface area contributed by atoms with Gasteiger partial charge in [-0.15, -0.1) is 0 Å². The molecule has 0 spiro atoms. The molecule has 0 radical (unpaired) electrons. The standard InChI is InChI=1S/C16H22ClN3O3/c1-19(10-11-23-14-4-2-13(17)3-5-14)15(21)12-6-8-20(9-7-12)16(18)22/h2-5,12H,6-11H2,1H3,(H2,18,22). The summed E-state index contributed by atoms with van der Waals surface area (Å²) in [5.41, 5.74) is 5.25. The maximum Gasteiger partial charge on any atom is 0.314 e. The lowest BCUT2D eigenvalue weighted by molar-refractivity contribution is -0.135. The molecule has 0 unspecified atom stereocenters. The zero-order chi connectivity index (χ0) is 16.8. The molecule has 0 saturated carbocycles. The second kappa shape index (κ2) is 8.06. The third kappa shape index (κ3) is 5.03. The van der Waals surface area contributed by atoms with Crippen LogP contribution in [0.4, 0.5) is 4.79 Å². The Hall–Kier alpha value is -1.95. The number of urea groups is 1. The van der Waals surface area contributed by atoms with E-state index < -0.39 is 6.03 Å². The van der Waals surface area contributed by atoms with E-state index in [0.29, 0.717) is 44.1 Å². The number of nitrogens with zero attached hydrogens (tertiary/aromatic N) is 2. The third-order valence-corrected chi connectivity index (χ3v) is 4.29. The SMILES string of the molecule is CN(CCOc1ccc(Cl)cc1)C(=O)C1CCN(C(N)=O)CC1. The number of likely N-dealkylation sites (N-methyl/N-ethyl adjacent to an activating group) is 1. The van der Waals surface area contributed by atoms with Gasteiger partial charge in [-0.3, -0.25) is 4.79 Å². The minimum Gasteiger partial charge on any atom is -0.492 e. The van der Waals surface area contributed by atoms with E-state index in [2.05, 4.69) is 0 Å². The number of piperidine rings is 1. The minimum absolute atomic E-state index is 0.0499. The first-order valence-electron chi connectivity index (χ1n) is 7.65. The number of amides is 3. The van der Waals surface area contributed by atoms with Crippen LogP contribution in [0.5, 0.6) is 5.75 Å². The number of halogens is 1. The number of rotatable bonds is 5. The molecule has 1 fully saturated rings. The third-order valence-electron chi connectivity index (χ3n) is 4.04. The van der Waals surface area contributed by atoms with Gasteiger partial charge in [0.1, 0.15) is 12.4 Å². The van der Waals surface area contributed by atoms with Gasteiger partial charge in [0.05, 0.1) is 6.54 Å². The van der Waals surface area contributed by atoms with Crippen LogP contribution in [-0.4, -0.2) is 55.0 Å². The molecule has 0 bridgehead atoms. The monoisotopic (exact) mass is 339 g/mol. The summed E-state index contributed by atoms with van der Waals surface area (Å²) < 4.78 is 5.60. The largest absolute Gasteiger partial charge is 0.492 e. The Bertz CT molecular complexity index is 542. The Balaban J connectivity index is 1.73. The lowest BCUT2D eigenvalue weighted by Crippen LogP contribution is -2.45. The van der Waals surface area contributed by atoms with Crippen molar-refractivity contribution in [3.8, 4) is 5.75 Å². The molecule has 1 heterocycles. The van der Waals surface area contributed by atoms with Crippen LogP contribution >= 0.6 is 11.6 Å². The molecule has 1 aromatic carbocycles. The Morgan fingerprint density at radius 1 is 1.30 bits per heavy atom. The van der Waals surface area contributed by atoms with Crippen molar-refractivity contribution in [2.45, 2.75) is 12.8 Å². The van der Waals surface area contributed by atoms with Gasteiger partial charge in [0.25, 0.3) is 0 Å². The van der Waals surface area contributed by atoms with Crippen molar-refractivity contribution in [2.24, 2.45) is 11.7 Å². The van der Waals surface area contributed by atoms with Gasteiger partial charge in [-0.1, -0.05) is 11.6 Å². The fourth-order valence-electron chi connectivity index (χ4n) is 2.60. The summed E-state index contributed by atoms with van der Waals surface area (Å²) in [6.07, 6.45) is 1.31. The molecule has 1 saturated heterocycles. The van der Waals surface area contributed by atoms with E-state index in [4.69, 9.17) is 22.1 Å². The fourth-order valence-corrected chi connectivity index (χ4v) is 2.73. The molecule has 1 aliphatic rings. The van der Waals surface area contributed by atoms with Crippen LogP contribution in [0.1, 0.15) is 12.8 Å². The number of carbonyl (C=O) groups excluding carboxylic acids is 2. The molecule has 0 atom stereocenters. The van der Waals surface area contributed by atoms with E-state index in [1.165, 1.54) is 0 Å². The molecule has 1 aromatic rings. The van der Waals surface area contributed by atoms with Crippen molar-refractivity contribution in [2.75, 3.05) is 33.3 Å². The van der Waals surface area contributed by atoms with Crippen LogP contribution in [0, 0.1) is 5.92 Å². The van der Waals surface area contributed by atoms with Crippen LogP contribution in [0.25, 0.3) is 0 Å². The number of hydrogen-bond donors (Lipinski definition) is 1. The van der Waals surface area contributed by atoms with E-state index in [1.807, 2.05) is 0 Å². The van der Waals surface area contributed by atoms with E-state index in [9.17, 15) is 9.59 Å². The van der Waals surface area contributed by atoms with Gasteiger partial charge in [-0.05, 0) is 37.1 Å². The lowest BCUT2D eigenvalue weighted by atomic mass is 9.95. The molecule has 3 amide bonds. The zero-order valence-electron chi connectivity index (χ0n) is 13.2. The number of benzene rings is 1. The highest BCUT2D eigenvalue weighted by Gasteiger charge is 2.28. The molecule has 0 aromatic heterocycles. The van der Waals surface area contributed by atoms with Gasteiger partial charge in [-0.25, -0.2) is 4.79 Å². The molecule has 2 N–H and O–H groups in total. The van der Waals surface area contributed by atoms with E-state index in [0.717, 1.165) is 5.75 Å². The molecular formula is C16H22ClN3O3. The van der Waals surface area contributed by atoms with Crippen LogP contribution in [0.15, 0.2) is 24.3 Å². The number of hydrogen-bond acceptors (Lipinski definition) is 3. The number of ether oxygens (including phenoxy) is 1. The first kappa shape index (κ1) is 17.4. The van der Waals surface area contributed by atoms with Gasteiger partial charge >= 0.3 is 6.03 Å². The predicted molar refractivity (Wildman–Crippen MR) is 88.5 cm³/mol. The van der Waals surface area contributed by atoms with Gasteiger partial charge in [0.15, 0.2) is 0 Å². The van der Waals surface area contributed by atoms with E-state index >= 15 is 0 Å². The van der Waals surface area contributed by atoms with Crippen LogP contribution < -0.4 is 10.5 Å². The Labute approximate surface area is 141 Å². The average Bonchev–Trinajstić information content (AvgIpc) is 2.56. The summed E-state index contributed by atoms with van der Waals surface area (Å²) in [7, 11) is 1.77. The van der Waals surface area contributed by atoms with Crippen molar-refractivity contribution in [3.63, 3.8) is 0 Å². The number of nitrogens with two attached hydrogens (primary N) is 1. The van der Waals surface area contributed by atoms with Gasteiger partial charge in [0, 0.05) is 31.1 Å². The molecule has 2 rings (SSSR count). The summed E-state index contributed by atoms with van der Waals surface area (Å²) in [5.74, 6) is 0.768. The summed E-state index contributed by atoms with van der Waals surface area (Å²) >= 11 is 5.81. The number of likely N-dealkylation sites (tertiary alicyclic amines) is 1. The molecule has 7 heteroatoms. The second-order valence-electron chi connectivity index (χ2n) is 5.66. The summed E-state index contributed by atoms with van der Waals surface area (Å²) in [5, 5.41) is 0.659. The number of carbonyl (C=O) groups is 2. The average molecular weight is 340 g/mol. The molecular weight excluding hydrogens is 318 g/mol. The van der Waals surface area contributed by atoms with Gasteiger partial charge < -0.3 is 20.3 Å². The van der Waals surface area contributed by atoms with Gasteiger partial charge in [0.2, 0.25) is 5.91 Å². The van der Waals surface area contributed by atoms with Gasteiger partial charge in [-0.2, -0.15) is 0 Å². The Kier molecular flexibility index (Phi) is 6.10. The Morgan fingerprint density at radius 2 is 1.91 bits per heavy atom. The highest BCUT2D eigenvalue weighted by molar-refractivity contribution is 6.30.